The zero-order valence-corrected chi connectivity index (χ0v) is 13.4. The number of aryl methyl sites for hydroxylation is 1. The minimum Gasteiger partial charge on any atom is -0.352 e. The normalized spacial score (nSPS) is 12.8. The van der Waals surface area contributed by atoms with Gasteiger partial charge in [-0.2, -0.15) is 0 Å². The number of rotatable bonds is 3. The Labute approximate surface area is 137 Å². The molecule has 0 atom stereocenters. The Morgan fingerprint density at radius 2 is 2.04 bits per heavy atom. The standard InChI is InChI=1S/C17H16FN3O3/c1-10-5-6-12(11(18)8-10)19-13-9-15(22)21-7-3-4-14(21)16(13)17(23)20(2)24/h5-6,8-9H,3-4,7H2,1-2H3/p+1. The van der Waals surface area contributed by atoms with Crippen molar-refractivity contribution in [2.75, 3.05) is 12.4 Å². The molecule has 0 radical (unpaired) electrons. The van der Waals surface area contributed by atoms with E-state index in [1.54, 1.807) is 13.0 Å². The lowest BCUT2D eigenvalue weighted by molar-refractivity contribution is -0.416. The highest BCUT2D eigenvalue weighted by Gasteiger charge is 2.32. The molecule has 2 heterocycles. The third-order valence-electron chi connectivity index (χ3n) is 4.11. The summed E-state index contributed by atoms with van der Waals surface area (Å²) in [6.07, 6.45) is 1.25. The predicted octanol–water partition coefficient (Wildman–Crippen LogP) is 2.53. The fourth-order valence-corrected chi connectivity index (χ4v) is 2.97. The highest BCUT2D eigenvalue weighted by molar-refractivity contribution is 5.96. The Hall–Kier alpha value is -2.83. The lowest BCUT2D eigenvalue weighted by Gasteiger charge is -2.13. The number of nitrogens with one attached hydrogen (secondary N) is 1. The Kier molecular flexibility index (Phi) is 4.01. The van der Waals surface area contributed by atoms with Crippen LogP contribution < -0.4 is 10.9 Å². The summed E-state index contributed by atoms with van der Waals surface area (Å²) in [7, 11) is 1.11. The third kappa shape index (κ3) is 2.73. The van der Waals surface area contributed by atoms with E-state index in [2.05, 4.69) is 5.32 Å². The molecule has 1 N–H and O–H groups in total. The fraction of sp³-hybridized carbons (Fsp3) is 0.294. The van der Waals surface area contributed by atoms with E-state index in [1.165, 1.54) is 22.8 Å². The number of anilines is 2. The van der Waals surface area contributed by atoms with Crippen LogP contribution in [-0.4, -0.2) is 22.3 Å². The molecule has 1 aromatic heterocycles. The second-order valence-electron chi connectivity index (χ2n) is 5.88. The molecule has 0 spiro atoms. The molecule has 1 aliphatic rings. The number of amides is 1. The van der Waals surface area contributed by atoms with Crippen LogP contribution in [-0.2, 0) is 13.0 Å². The van der Waals surface area contributed by atoms with Gasteiger partial charge in [0.15, 0.2) is 7.05 Å². The van der Waals surface area contributed by atoms with Crippen LogP contribution in [0.5, 0.6) is 0 Å². The number of fused-ring (bicyclic) bond motifs is 1. The summed E-state index contributed by atoms with van der Waals surface area (Å²) in [6.45, 7) is 2.27. The van der Waals surface area contributed by atoms with Gasteiger partial charge in [-0.1, -0.05) is 6.07 Å². The molecule has 0 bridgehead atoms. The van der Waals surface area contributed by atoms with Crippen molar-refractivity contribution in [3.63, 3.8) is 0 Å². The largest absolute Gasteiger partial charge is 0.468 e. The summed E-state index contributed by atoms with van der Waals surface area (Å²) >= 11 is 0. The number of aromatic nitrogens is 1. The van der Waals surface area contributed by atoms with E-state index in [1.807, 2.05) is 0 Å². The Morgan fingerprint density at radius 1 is 1.29 bits per heavy atom. The minimum absolute atomic E-state index is 0.129. The second kappa shape index (κ2) is 5.99. The quantitative estimate of drug-likeness (QED) is 0.878. The Balaban J connectivity index is 2.16. The van der Waals surface area contributed by atoms with Crippen LogP contribution in [0, 0.1) is 17.6 Å². The van der Waals surface area contributed by atoms with Gasteiger partial charge in [-0.05, 0) is 37.5 Å². The first kappa shape index (κ1) is 16.0. The van der Waals surface area contributed by atoms with Crippen molar-refractivity contribution in [1.29, 1.82) is 0 Å². The van der Waals surface area contributed by atoms with Crippen LogP contribution in [0.2, 0.25) is 0 Å². The number of halogens is 1. The first-order valence-electron chi connectivity index (χ1n) is 7.63. The molecule has 0 saturated carbocycles. The van der Waals surface area contributed by atoms with Crippen LogP contribution in [0.25, 0.3) is 0 Å². The van der Waals surface area contributed by atoms with Gasteiger partial charge < -0.3 is 9.88 Å². The summed E-state index contributed by atoms with van der Waals surface area (Å²) in [5.41, 5.74) is 1.43. The number of hydrogen-bond donors (Lipinski definition) is 1. The first-order valence-corrected chi connectivity index (χ1v) is 7.63. The molecule has 1 aromatic carbocycles. The summed E-state index contributed by atoms with van der Waals surface area (Å²) < 4.78 is 15.8. The van der Waals surface area contributed by atoms with Gasteiger partial charge >= 0.3 is 5.91 Å². The number of hydrogen-bond acceptors (Lipinski definition) is 4. The molecule has 1 amide bonds. The van der Waals surface area contributed by atoms with Gasteiger partial charge in [0, 0.05) is 23.2 Å². The van der Waals surface area contributed by atoms with Crippen molar-refractivity contribution >= 4 is 17.3 Å². The molecule has 0 fully saturated rings. The SMILES string of the molecule is Cc1ccc(Nc2cc(=O)n3c(c2C(=O)[N+](C)=O)CCC3)c(F)c1. The Bertz CT molecular complexity index is 918. The molecule has 2 aromatic rings. The zero-order chi connectivity index (χ0) is 17.4. The highest BCUT2D eigenvalue weighted by Crippen LogP contribution is 2.28. The summed E-state index contributed by atoms with van der Waals surface area (Å²) in [4.78, 5) is 36.1. The van der Waals surface area contributed by atoms with Crippen molar-refractivity contribution in [1.82, 2.24) is 4.57 Å². The van der Waals surface area contributed by atoms with Gasteiger partial charge in [-0.25, -0.2) is 9.18 Å². The van der Waals surface area contributed by atoms with E-state index in [4.69, 9.17) is 0 Å². The predicted molar refractivity (Wildman–Crippen MR) is 87.3 cm³/mol. The van der Waals surface area contributed by atoms with Crippen LogP contribution in [0.15, 0.2) is 29.1 Å². The number of carbonyl (C=O) groups excluding carboxylic acids is 1. The lowest BCUT2D eigenvalue weighted by atomic mass is 10.1. The van der Waals surface area contributed by atoms with Crippen molar-refractivity contribution in [3.8, 4) is 0 Å². The van der Waals surface area contributed by atoms with E-state index < -0.39 is 11.7 Å². The van der Waals surface area contributed by atoms with Gasteiger partial charge in [0.2, 0.25) is 0 Å². The fourth-order valence-electron chi connectivity index (χ4n) is 2.97. The summed E-state index contributed by atoms with van der Waals surface area (Å²) in [6, 6.07) is 5.84. The number of pyridine rings is 1. The van der Waals surface area contributed by atoms with Crippen molar-refractivity contribution < 1.29 is 13.9 Å². The maximum atomic E-state index is 14.1. The van der Waals surface area contributed by atoms with E-state index in [-0.39, 0.29) is 27.3 Å². The third-order valence-corrected chi connectivity index (χ3v) is 4.11. The van der Waals surface area contributed by atoms with Crippen molar-refractivity contribution in [2.24, 2.45) is 0 Å². The average molecular weight is 330 g/mol. The first-order chi connectivity index (χ1) is 11.4. The number of nitroso groups, excluding NO2 is 1. The van der Waals surface area contributed by atoms with Gasteiger partial charge in [0.05, 0.1) is 16.1 Å². The van der Waals surface area contributed by atoms with Crippen LogP contribution >= 0.6 is 0 Å². The average Bonchev–Trinajstić information content (AvgIpc) is 2.99. The number of carbonyl (C=O) groups is 1. The minimum atomic E-state index is -0.754. The molecule has 7 heteroatoms. The van der Waals surface area contributed by atoms with Crippen LogP contribution in [0.3, 0.4) is 0 Å². The molecule has 0 unspecified atom stereocenters. The van der Waals surface area contributed by atoms with E-state index >= 15 is 0 Å². The van der Waals surface area contributed by atoms with Gasteiger partial charge in [-0.15, -0.1) is 0 Å². The smallest absolute Gasteiger partial charge is 0.352 e. The zero-order valence-electron chi connectivity index (χ0n) is 13.4. The molecule has 0 aliphatic carbocycles. The lowest BCUT2D eigenvalue weighted by Crippen LogP contribution is -2.26. The number of nitrogens with zero attached hydrogens (tertiary/aromatic N) is 2. The maximum Gasteiger partial charge on any atom is 0.468 e. The van der Waals surface area contributed by atoms with Crippen molar-refractivity contribution in [3.05, 3.63) is 62.2 Å². The van der Waals surface area contributed by atoms with Gasteiger partial charge in [0.1, 0.15) is 11.4 Å². The number of benzene rings is 1. The molecular formula is C17H17FN3O3+. The van der Waals surface area contributed by atoms with Crippen LogP contribution in [0.4, 0.5) is 15.8 Å². The molecule has 3 rings (SSSR count). The van der Waals surface area contributed by atoms with Crippen LogP contribution in [0.1, 0.15) is 28.0 Å². The molecule has 6 nitrogen and oxygen atoms in total. The molecule has 24 heavy (non-hydrogen) atoms. The van der Waals surface area contributed by atoms with Gasteiger partial charge in [0.25, 0.3) is 5.56 Å². The molecule has 1 aliphatic heterocycles. The second-order valence-corrected chi connectivity index (χ2v) is 5.88. The maximum absolute atomic E-state index is 14.1. The Morgan fingerprint density at radius 3 is 2.71 bits per heavy atom. The topological polar surface area (TPSA) is 71.2 Å². The molecule has 124 valence electrons. The van der Waals surface area contributed by atoms with Crippen molar-refractivity contribution in [2.45, 2.75) is 26.3 Å². The summed E-state index contributed by atoms with van der Waals surface area (Å²) in [5, 5.41) is 2.80. The summed E-state index contributed by atoms with van der Waals surface area (Å²) in [5.74, 6) is -1.25. The highest BCUT2D eigenvalue weighted by atomic mass is 19.1. The van der Waals surface area contributed by atoms with Gasteiger partial charge in [-0.3, -0.25) is 4.79 Å². The monoisotopic (exact) mass is 330 g/mol. The molecular weight excluding hydrogens is 313 g/mol. The van der Waals surface area contributed by atoms with E-state index in [9.17, 15) is 18.9 Å². The molecule has 0 saturated heterocycles. The van der Waals surface area contributed by atoms with E-state index in [0.717, 1.165) is 19.0 Å². The van der Waals surface area contributed by atoms with E-state index in [0.29, 0.717) is 18.7 Å².